The van der Waals surface area contributed by atoms with E-state index in [9.17, 15) is 0 Å². The highest BCUT2D eigenvalue weighted by Crippen LogP contribution is 2.33. The van der Waals surface area contributed by atoms with Crippen LogP contribution in [0.5, 0.6) is 0 Å². The topological polar surface area (TPSA) is 53.6 Å². The molecule has 3 heterocycles. The molecule has 19 heavy (non-hydrogen) atoms. The van der Waals surface area contributed by atoms with E-state index in [2.05, 4.69) is 50.6 Å². The Labute approximate surface area is 110 Å². The van der Waals surface area contributed by atoms with Crippen molar-refractivity contribution in [1.29, 1.82) is 0 Å². The largest absolute Gasteiger partial charge is 0.375 e. The van der Waals surface area contributed by atoms with Crippen LogP contribution in [-0.4, -0.2) is 15.0 Å². The van der Waals surface area contributed by atoms with Gasteiger partial charge in [-0.3, -0.25) is 0 Å². The predicted molar refractivity (Wildman–Crippen MR) is 75.1 cm³/mol. The highest BCUT2D eigenvalue weighted by molar-refractivity contribution is 5.71. The molecule has 1 unspecified atom stereocenters. The van der Waals surface area contributed by atoms with E-state index in [1.54, 1.807) is 0 Å². The molecule has 2 aromatic heterocycles. The molecule has 2 N–H and O–H groups in total. The lowest BCUT2D eigenvalue weighted by Gasteiger charge is -2.06. The summed E-state index contributed by atoms with van der Waals surface area (Å²) >= 11 is 0. The first-order chi connectivity index (χ1) is 9.29. The fourth-order valence-electron chi connectivity index (χ4n) is 2.65. The average Bonchev–Trinajstić information content (AvgIpc) is 3.00. The fraction of sp³-hybridized carbons (Fsp3) is 0.200. The summed E-state index contributed by atoms with van der Waals surface area (Å²) in [6.45, 7) is 2.04. The minimum Gasteiger partial charge on any atom is -0.375 e. The molecule has 4 nitrogen and oxygen atoms in total. The van der Waals surface area contributed by atoms with E-state index in [1.807, 2.05) is 13.1 Å². The molecule has 0 aliphatic carbocycles. The Bertz CT molecular complexity index is 735. The van der Waals surface area contributed by atoms with E-state index in [0.29, 0.717) is 0 Å². The molecule has 1 atom stereocenters. The molecule has 4 rings (SSSR count). The summed E-state index contributed by atoms with van der Waals surface area (Å²) in [6, 6.07) is 10.7. The summed E-state index contributed by atoms with van der Waals surface area (Å²) < 4.78 is 0. The van der Waals surface area contributed by atoms with Crippen LogP contribution in [0.1, 0.15) is 23.0 Å². The minimum atomic E-state index is 0.215. The maximum atomic E-state index is 4.59. The number of hydrogen-bond acceptors (Lipinski definition) is 3. The SMILES string of the molecule is Cc1cnc2nc(C3Cc4ccccc4N3)[nH]c2c1. The Morgan fingerprint density at radius 3 is 3.05 bits per heavy atom. The number of aryl methyl sites for hydroxylation is 1. The van der Waals surface area contributed by atoms with Crippen LogP contribution in [0, 0.1) is 6.92 Å². The quantitative estimate of drug-likeness (QED) is 0.698. The van der Waals surface area contributed by atoms with Crippen molar-refractivity contribution in [1.82, 2.24) is 15.0 Å². The highest BCUT2D eigenvalue weighted by atomic mass is 15.1. The van der Waals surface area contributed by atoms with Crippen LogP contribution in [0.4, 0.5) is 5.69 Å². The minimum absolute atomic E-state index is 0.215. The Morgan fingerprint density at radius 1 is 1.26 bits per heavy atom. The predicted octanol–water partition coefficient (Wildman–Crippen LogP) is 2.98. The zero-order valence-electron chi connectivity index (χ0n) is 10.6. The smallest absolute Gasteiger partial charge is 0.177 e. The van der Waals surface area contributed by atoms with Gasteiger partial charge in [0.2, 0.25) is 0 Å². The number of benzene rings is 1. The summed E-state index contributed by atoms with van der Waals surface area (Å²) in [6.07, 6.45) is 2.82. The van der Waals surface area contributed by atoms with Crippen LogP contribution >= 0.6 is 0 Å². The van der Waals surface area contributed by atoms with Gasteiger partial charge in [0, 0.05) is 18.3 Å². The molecule has 3 aromatic rings. The number of para-hydroxylation sites is 1. The molecular weight excluding hydrogens is 236 g/mol. The van der Waals surface area contributed by atoms with E-state index >= 15 is 0 Å². The van der Waals surface area contributed by atoms with Crippen LogP contribution in [-0.2, 0) is 6.42 Å². The lowest BCUT2D eigenvalue weighted by atomic mass is 10.1. The Morgan fingerprint density at radius 2 is 2.16 bits per heavy atom. The molecule has 0 saturated heterocycles. The van der Waals surface area contributed by atoms with Crippen molar-refractivity contribution >= 4 is 16.9 Å². The van der Waals surface area contributed by atoms with Gasteiger partial charge >= 0.3 is 0 Å². The molecule has 0 spiro atoms. The second-order valence-corrected chi connectivity index (χ2v) is 5.06. The summed E-state index contributed by atoms with van der Waals surface area (Å²) in [5.74, 6) is 0.962. The lowest BCUT2D eigenvalue weighted by molar-refractivity contribution is 0.767. The Hall–Kier alpha value is -2.36. The standard InChI is InChI=1S/C15H14N4/c1-9-6-12-14(16-8-9)19-15(18-12)13-7-10-4-2-3-5-11(10)17-13/h2-6,8,13,17H,7H2,1H3,(H,16,18,19). The number of nitrogens with zero attached hydrogens (tertiary/aromatic N) is 2. The van der Waals surface area contributed by atoms with Gasteiger partial charge in [-0.15, -0.1) is 0 Å². The van der Waals surface area contributed by atoms with Crippen molar-refractivity contribution in [2.75, 3.05) is 5.32 Å². The maximum absolute atomic E-state index is 4.59. The van der Waals surface area contributed by atoms with Crippen molar-refractivity contribution in [3.63, 3.8) is 0 Å². The van der Waals surface area contributed by atoms with Gasteiger partial charge in [-0.2, -0.15) is 0 Å². The Kier molecular flexibility index (Phi) is 2.12. The first-order valence-electron chi connectivity index (χ1n) is 6.46. The number of aromatic nitrogens is 3. The van der Waals surface area contributed by atoms with Gasteiger partial charge in [0.05, 0.1) is 11.6 Å². The summed E-state index contributed by atoms with van der Waals surface area (Å²) in [5.41, 5.74) is 5.49. The third kappa shape index (κ3) is 1.68. The molecule has 0 radical (unpaired) electrons. The van der Waals surface area contributed by atoms with E-state index in [0.717, 1.165) is 29.0 Å². The number of imidazole rings is 1. The number of pyridine rings is 1. The fourth-order valence-corrected chi connectivity index (χ4v) is 2.65. The van der Waals surface area contributed by atoms with Crippen molar-refractivity contribution < 1.29 is 0 Å². The van der Waals surface area contributed by atoms with Crippen molar-refractivity contribution in [2.24, 2.45) is 0 Å². The number of aromatic amines is 1. The molecule has 0 fully saturated rings. The van der Waals surface area contributed by atoms with E-state index in [4.69, 9.17) is 0 Å². The number of hydrogen-bond donors (Lipinski definition) is 2. The van der Waals surface area contributed by atoms with E-state index < -0.39 is 0 Å². The highest BCUT2D eigenvalue weighted by Gasteiger charge is 2.24. The van der Waals surface area contributed by atoms with Crippen LogP contribution in [0.2, 0.25) is 0 Å². The molecule has 4 heteroatoms. The Balaban J connectivity index is 1.73. The first kappa shape index (κ1) is 10.6. The van der Waals surface area contributed by atoms with E-state index in [1.165, 1.54) is 11.3 Å². The van der Waals surface area contributed by atoms with Gasteiger partial charge in [-0.25, -0.2) is 9.97 Å². The van der Waals surface area contributed by atoms with Gasteiger partial charge in [-0.1, -0.05) is 18.2 Å². The van der Waals surface area contributed by atoms with Crippen LogP contribution < -0.4 is 5.32 Å². The number of fused-ring (bicyclic) bond motifs is 2. The van der Waals surface area contributed by atoms with Gasteiger partial charge < -0.3 is 10.3 Å². The van der Waals surface area contributed by atoms with Crippen molar-refractivity contribution in [3.8, 4) is 0 Å². The van der Waals surface area contributed by atoms with Crippen molar-refractivity contribution in [3.05, 3.63) is 53.5 Å². The third-order valence-electron chi connectivity index (χ3n) is 3.59. The van der Waals surface area contributed by atoms with Crippen LogP contribution in [0.15, 0.2) is 36.5 Å². The van der Waals surface area contributed by atoms with Crippen molar-refractivity contribution in [2.45, 2.75) is 19.4 Å². The zero-order valence-corrected chi connectivity index (χ0v) is 10.6. The number of anilines is 1. The molecule has 0 saturated carbocycles. The molecule has 94 valence electrons. The summed E-state index contributed by atoms with van der Waals surface area (Å²) in [7, 11) is 0. The second kappa shape index (κ2) is 3.82. The molecule has 0 bridgehead atoms. The average molecular weight is 250 g/mol. The second-order valence-electron chi connectivity index (χ2n) is 5.06. The van der Waals surface area contributed by atoms with Gasteiger partial charge in [-0.05, 0) is 30.2 Å². The molecular formula is C15H14N4. The molecule has 0 amide bonds. The monoisotopic (exact) mass is 250 g/mol. The van der Waals surface area contributed by atoms with Gasteiger partial charge in [0.25, 0.3) is 0 Å². The summed E-state index contributed by atoms with van der Waals surface area (Å²) in [5, 5.41) is 3.50. The number of H-pyrrole nitrogens is 1. The zero-order chi connectivity index (χ0) is 12.8. The lowest BCUT2D eigenvalue weighted by Crippen LogP contribution is -2.07. The maximum Gasteiger partial charge on any atom is 0.177 e. The van der Waals surface area contributed by atoms with E-state index in [-0.39, 0.29) is 6.04 Å². The number of rotatable bonds is 1. The summed E-state index contributed by atoms with van der Waals surface area (Å²) in [4.78, 5) is 12.3. The van der Waals surface area contributed by atoms with Gasteiger partial charge in [0.1, 0.15) is 5.82 Å². The normalized spacial score (nSPS) is 17.4. The molecule has 1 aromatic carbocycles. The van der Waals surface area contributed by atoms with Crippen LogP contribution in [0.25, 0.3) is 11.2 Å². The number of nitrogens with one attached hydrogen (secondary N) is 2. The third-order valence-corrected chi connectivity index (χ3v) is 3.59. The molecule has 1 aliphatic rings. The molecule has 1 aliphatic heterocycles. The first-order valence-corrected chi connectivity index (χ1v) is 6.46. The van der Waals surface area contributed by atoms with Crippen LogP contribution in [0.3, 0.4) is 0 Å². The van der Waals surface area contributed by atoms with Gasteiger partial charge in [0.15, 0.2) is 5.65 Å².